The molecule has 0 atom stereocenters. The van der Waals surface area contributed by atoms with Gasteiger partial charge in [0.25, 0.3) is 0 Å². The van der Waals surface area contributed by atoms with Crippen molar-refractivity contribution in [3.05, 3.63) is 24.3 Å². The molecule has 0 radical (unpaired) electrons. The van der Waals surface area contributed by atoms with E-state index in [1.54, 1.807) is 0 Å². The second-order valence-corrected chi connectivity index (χ2v) is 3.29. The van der Waals surface area contributed by atoms with Gasteiger partial charge in [-0.25, -0.2) is 0 Å². The zero-order valence-corrected chi connectivity index (χ0v) is 7.29. The third-order valence-corrected chi connectivity index (χ3v) is 1.94. The first-order valence-electron chi connectivity index (χ1n) is 4.32. The fourth-order valence-electron chi connectivity index (χ4n) is 1.11. The lowest BCUT2D eigenvalue weighted by Crippen LogP contribution is -2.20. The van der Waals surface area contributed by atoms with Crippen LogP contribution in [0.4, 0.5) is 0 Å². The van der Waals surface area contributed by atoms with Gasteiger partial charge in [-0.2, -0.15) is 0 Å². The maximum atomic E-state index is 5.55. The molecule has 66 valence electrons. The van der Waals surface area contributed by atoms with Gasteiger partial charge in [0.05, 0.1) is 18.4 Å². The molecule has 1 fully saturated rings. The van der Waals surface area contributed by atoms with Crippen molar-refractivity contribution >= 4 is 0 Å². The Morgan fingerprint density at radius 1 is 1.67 bits per heavy atom. The largest absolute Gasteiger partial charge is 0.372 e. The van der Waals surface area contributed by atoms with Gasteiger partial charge in [0.1, 0.15) is 0 Å². The van der Waals surface area contributed by atoms with E-state index >= 15 is 0 Å². The Morgan fingerprint density at radius 3 is 3.17 bits per heavy atom. The highest BCUT2D eigenvalue weighted by molar-refractivity contribution is 5.09. The first kappa shape index (κ1) is 7.68. The van der Waals surface area contributed by atoms with E-state index in [1.807, 2.05) is 30.5 Å². The van der Waals surface area contributed by atoms with Crippen molar-refractivity contribution in [1.29, 1.82) is 0 Å². The first-order chi connectivity index (χ1) is 5.84. The number of rotatable bonds is 3. The molecule has 0 aromatic carbocycles. The fraction of sp³-hybridized carbons (Fsp3) is 0.556. The predicted octanol–water partition coefficient (Wildman–Crippen LogP) is 1.01. The molecule has 1 heterocycles. The van der Waals surface area contributed by atoms with Crippen LogP contribution < -0.4 is 5.32 Å². The van der Waals surface area contributed by atoms with Crippen molar-refractivity contribution in [2.24, 2.45) is 0 Å². The van der Waals surface area contributed by atoms with E-state index in [-0.39, 0.29) is 0 Å². The lowest BCUT2D eigenvalue weighted by atomic mass is 10.4. The number of ether oxygens (including phenoxy) is 1. The van der Waals surface area contributed by atoms with Crippen LogP contribution >= 0.6 is 0 Å². The van der Waals surface area contributed by atoms with Crippen LogP contribution in [0.1, 0.15) is 12.8 Å². The Kier molecular flexibility index (Phi) is 2.04. The summed E-state index contributed by atoms with van der Waals surface area (Å²) >= 11 is 0. The highest BCUT2D eigenvalue weighted by atomic mass is 16.5. The van der Waals surface area contributed by atoms with Crippen molar-refractivity contribution in [1.82, 2.24) is 10.2 Å². The predicted molar refractivity (Wildman–Crippen MR) is 47.1 cm³/mol. The Morgan fingerprint density at radius 2 is 2.50 bits per heavy atom. The molecule has 2 rings (SSSR count). The van der Waals surface area contributed by atoms with E-state index in [4.69, 9.17) is 4.74 Å². The zero-order valence-electron chi connectivity index (χ0n) is 7.29. The van der Waals surface area contributed by atoms with Gasteiger partial charge in [0, 0.05) is 25.6 Å². The summed E-state index contributed by atoms with van der Waals surface area (Å²) in [5.74, 6) is 0. The molecular formula is C9H14N2O. The van der Waals surface area contributed by atoms with Crippen molar-refractivity contribution in [2.75, 3.05) is 13.7 Å². The molecule has 0 unspecified atom stereocenters. The highest BCUT2D eigenvalue weighted by Crippen LogP contribution is 2.23. The summed E-state index contributed by atoms with van der Waals surface area (Å²) in [5, 5.41) is 3.15. The minimum absolute atomic E-state index is 0.531. The van der Waals surface area contributed by atoms with Gasteiger partial charge < -0.3 is 15.0 Å². The van der Waals surface area contributed by atoms with Crippen LogP contribution in [0.3, 0.4) is 0 Å². The average Bonchev–Trinajstić information content (AvgIpc) is 2.84. The van der Waals surface area contributed by atoms with Crippen molar-refractivity contribution in [3.63, 3.8) is 0 Å². The van der Waals surface area contributed by atoms with Crippen LogP contribution in [0.2, 0.25) is 0 Å². The van der Waals surface area contributed by atoms with Crippen LogP contribution in [0.25, 0.3) is 0 Å². The summed E-state index contributed by atoms with van der Waals surface area (Å²) in [5.41, 5.74) is 1.13. The molecule has 0 amide bonds. The van der Waals surface area contributed by atoms with Gasteiger partial charge >= 0.3 is 0 Å². The number of hydrogen-bond donors (Lipinski definition) is 1. The second kappa shape index (κ2) is 3.19. The van der Waals surface area contributed by atoms with Crippen molar-refractivity contribution in [3.8, 4) is 0 Å². The average molecular weight is 166 g/mol. The highest BCUT2D eigenvalue weighted by Gasteiger charge is 2.22. The zero-order chi connectivity index (χ0) is 8.39. The molecule has 1 aliphatic carbocycles. The monoisotopic (exact) mass is 166 g/mol. The van der Waals surface area contributed by atoms with Gasteiger partial charge in [0.15, 0.2) is 0 Å². The number of hydrogen-bond acceptors (Lipinski definition) is 3. The van der Waals surface area contributed by atoms with E-state index in [0.29, 0.717) is 12.7 Å². The summed E-state index contributed by atoms with van der Waals surface area (Å²) in [4.78, 5) is 2.02. The molecule has 0 bridgehead atoms. The van der Waals surface area contributed by atoms with Gasteiger partial charge in [-0.05, 0) is 12.8 Å². The SMILES string of the molecule is CN1C=CNC(COC2CC2)=C1. The van der Waals surface area contributed by atoms with Gasteiger partial charge in [0.2, 0.25) is 0 Å². The van der Waals surface area contributed by atoms with Crippen LogP contribution in [0.5, 0.6) is 0 Å². The van der Waals surface area contributed by atoms with E-state index in [1.165, 1.54) is 12.8 Å². The Bertz CT molecular complexity index is 219. The standard InChI is InChI=1S/C9H14N2O/c1-11-5-4-10-8(6-11)7-12-9-2-3-9/h4-6,9-10H,2-3,7H2,1H3. The van der Waals surface area contributed by atoms with Crippen LogP contribution in [0, 0.1) is 0 Å². The lowest BCUT2D eigenvalue weighted by Gasteiger charge is -2.17. The third-order valence-electron chi connectivity index (χ3n) is 1.94. The van der Waals surface area contributed by atoms with Crippen molar-refractivity contribution < 1.29 is 4.74 Å². The number of nitrogens with one attached hydrogen (secondary N) is 1. The normalized spacial score (nSPS) is 22.1. The summed E-state index contributed by atoms with van der Waals surface area (Å²) in [7, 11) is 2.01. The van der Waals surface area contributed by atoms with Crippen LogP contribution in [0.15, 0.2) is 24.3 Å². The van der Waals surface area contributed by atoms with E-state index < -0.39 is 0 Å². The molecule has 1 aliphatic heterocycles. The maximum absolute atomic E-state index is 5.55. The molecule has 0 aromatic heterocycles. The van der Waals surface area contributed by atoms with E-state index in [9.17, 15) is 0 Å². The molecule has 0 saturated heterocycles. The van der Waals surface area contributed by atoms with E-state index in [2.05, 4.69) is 5.32 Å². The topological polar surface area (TPSA) is 24.5 Å². The molecule has 1 saturated carbocycles. The second-order valence-electron chi connectivity index (χ2n) is 3.29. The maximum Gasteiger partial charge on any atom is 0.0884 e. The van der Waals surface area contributed by atoms with Gasteiger partial charge in [-0.15, -0.1) is 0 Å². The van der Waals surface area contributed by atoms with Gasteiger partial charge in [-0.3, -0.25) is 0 Å². The molecule has 0 spiro atoms. The summed E-state index contributed by atoms with van der Waals surface area (Å²) in [6.07, 6.45) is 8.94. The molecule has 3 nitrogen and oxygen atoms in total. The minimum Gasteiger partial charge on any atom is -0.372 e. The Hall–Kier alpha value is -0.960. The number of nitrogens with zero attached hydrogens (tertiary/aromatic N) is 1. The molecule has 1 N–H and O–H groups in total. The smallest absolute Gasteiger partial charge is 0.0884 e. The fourth-order valence-corrected chi connectivity index (χ4v) is 1.11. The van der Waals surface area contributed by atoms with Crippen molar-refractivity contribution in [2.45, 2.75) is 18.9 Å². The molecule has 3 heteroatoms. The minimum atomic E-state index is 0.531. The van der Waals surface area contributed by atoms with Crippen LogP contribution in [-0.4, -0.2) is 24.7 Å². The Labute approximate surface area is 72.7 Å². The summed E-state index contributed by atoms with van der Waals surface area (Å²) < 4.78 is 5.55. The first-order valence-corrected chi connectivity index (χ1v) is 4.32. The lowest BCUT2D eigenvalue weighted by molar-refractivity contribution is 0.137. The van der Waals surface area contributed by atoms with E-state index in [0.717, 1.165) is 5.70 Å². The molecular weight excluding hydrogens is 152 g/mol. The van der Waals surface area contributed by atoms with Gasteiger partial charge in [-0.1, -0.05) is 0 Å². The Balaban J connectivity index is 1.78. The summed E-state index contributed by atoms with van der Waals surface area (Å²) in [6, 6.07) is 0. The molecule has 12 heavy (non-hydrogen) atoms. The summed E-state index contributed by atoms with van der Waals surface area (Å²) in [6.45, 7) is 0.708. The molecule has 2 aliphatic rings. The molecule has 0 aromatic rings. The van der Waals surface area contributed by atoms with Crippen LogP contribution in [-0.2, 0) is 4.74 Å². The third kappa shape index (κ3) is 2.01. The quantitative estimate of drug-likeness (QED) is 0.677.